The number of rotatable bonds is 12. The first-order valence-corrected chi connectivity index (χ1v) is 28.6. The maximum atomic E-state index is 7.10. The van der Waals surface area contributed by atoms with Crippen molar-refractivity contribution in [2.75, 3.05) is 6.61 Å². The highest BCUT2D eigenvalue weighted by Crippen LogP contribution is 2.59. The van der Waals surface area contributed by atoms with Gasteiger partial charge in [0.1, 0.15) is 0 Å². The molecule has 48 heavy (non-hydrogen) atoms. The minimum absolute atomic E-state index is 0.0191. The second kappa shape index (κ2) is 15.0. The van der Waals surface area contributed by atoms with Crippen LogP contribution < -0.4 is 0 Å². The number of hydrogen-bond donors (Lipinski definition) is 0. The van der Waals surface area contributed by atoms with Crippen LogP contribution in [0.15, 0.2) is 35.5 Å². The lowest BCUT2D eigenvalue weighted by molar-refractivity contribution is -0.0423. The van der Waals surface area contributed by atoms with Crippen molar-refractivity contribution < 1.29 is 18.0 Å². The lowest BCUT2D eigenvalue weighted by Crippen LogP contribution is -2.49. The first-order chi connectivity index (χ1) is 21.6. The molecule has 7 heteroatoms. The van der Waals surface area contributed by atoms with E-state index in [-0.39, 0.29) is 39.4 Å². The molecule has 0 radical (unpaired) electrons. The molecular weight excluding hydrogens is 641 g/mol. The van der Waals surface area contributed by atoms with Crippen LogP contribution in [-0.2, 0) is 18.0 Å². The molecule has 0 aromatic heterocycles. The predicted octanol–water partition coefficient (Wildman–Crippen LogP) is 12.6. The van der Waals surface area contributed by atoms with E-state index in [0.717, 1.165) is 25.9 Å². The summed E-state index contributed by atoms with van der Waals surface area (Å²) >= 11 is 0. The number of fused-ring (bicyclic) bond motifs is 1. The van der Waals surface area contributed by atoms with E-state index in [2.05, 4.69) is 127 Å². The lowest BCUT2D eigenvalue weighted by Gasteiger charge is -2.45. The summed E-state index contributed by atoms with van der Waals surface area (Å²) < 4.78 is 27.3. The number of allylic oxidation sites excluding steroid dienone is 3. The molecule has 0 bridgehead atoms. The topological polar surface area (TPSA) is 36.9 Å². The quantitative estimate of drug-likeness (QED) is 0.188. The van der Waals surface area contributed by atoms with Gasteiger partial charge in [-0.05, 0) is 150 Å². The van der Waals surface area contributed by atoms with Crippen LogP contribution in [0.3, 0.4) is 0 Å². The van der Waals surface area contributed by atoms with Gasteiger partial charge in [0, 0.05) is 13.0 Å². The van der Waals surface area contributed by atoms with Crippen LogP contribution in [0.1, 0.15) is 121 Å². The number of ether oxygens (including phenoxy) is 1. The first kappa shape index (κ1) is 42.1. The van der Waals surface area contributed by atoms with Gasteiger partial charge in [-0.25, -0.2) is 0 Å². The van der Waals surface area contributed by atoms with Gasteiger partial charge in [-0.1, -0.05) is 72.8 Å². The van der Waals surface area contributed by atoms with Crippen LogP contribution in [0.2, 0.25) is 55.9 Å². The van der Waals surface area contributed by atoms with E-state index < -0.39 is 25.0 Å². The third-order valence-corrected chi connectivity index (χ3v) is 23.2. The van der Waals surface area contributed by atoms with E-state index in [1.807, 2.05) is 0 Å². The molecule has 0 aliphatic heterocycles. The van der Waals surface area contributed by atoms with Crippen molar-refractivity contribution >= 4 is 25.0 Å². The normalized spacial score (nSPS) is 30.6. The van der Waals surface area contributed by atoms with Crippen molar-refractivity contribution in [3.63, 3.8) is 0 Å². The van der Waals surface area contributed by atoms with Crippen molar-refractivity contribution in [3.05, 3.63) is 35.5 Å². The van der Waals surface area contributed by atoms with Crippen LogP contribution in [0.25, 0.3) is 0 Å². The molecule has 0 unspecified atom stereocenters. The molecule has 3 saturated carbocycles. The van der Waals surface area contributed by atoms with E-state index >= 15 is 0 Å². The molecule has 6 atom stereocenters. The molecule has 0 saturated heterocycles. The molecule has 0 spiro atoms. The fraction of sp³-hybridized carbons (Fsp3) is 0.854. The van der Waals surface area contributed by atoms with E-state index in [0.29, 0.717) is 11.8 Å². The highest BCUT2D eigenvalue weighted by molar-refractivity contribution is 6.74. The van der Waals surface area contributed by atoms with Gasteiger partial charge in [-0.15, -0.1) is 0 Å². The Balaban J connectivity index is 1.81. The smallest absolute Gasteiger partial charge is 0.192 e. The monoisotopic (exact) mass is 719 g/mol. The summed E-state index contributed by atoms with van der Waals surface area (Å²) in [4.78, 5) is 0. The average Bonchev–Trinajstić information content (AvgIpc) is 3.24. The summed E-state index contributed by atoms with van der Waals surface area (Å²) in [7, 11) is -5.51. The zero-order chi connectivity index (χ0) is 36.7. The molecule has 0 heterocycles. The van der Waals surface area contributed by atoms with Gasteiger partial charge >= 0.3 is 0 Å². The predicted molar refractivity (Wildman–Crippen MR) is 215 cm³/mol. The van der Waals surface area contributed by atoms with Crippen LogP contribution in [0.4, 0.5) is 0 Å². The van der Waals surface area contributed by atoms with Gasteiger partial charge in [0.25, 0.3) is 0 Å². The molecule has 4 nitrogen and oxygen atoms in total. The van der Waals surface area contributed by atoms with Crippen molar-refractivity contribution in [2.45, 2.75) is 200 Å². The van der Waals surface area contributed by atoms with E-state index in [4.69, 9.17) is 24.6 Å². The van der Waals surface area contributed by atoms with Gasteiger partial charge in [-0.2, -0.15) is 0 Å². The van der Waals surface area contributed by atoms with Crippen molar-refractivity contribution in [3.8, 4) is 0 Å². The van der Waals surface area contributed by atoms with Gasteiger partial charge in [0.15, 0.2) is 25.0 Å². The van der Waals surface area contributed by atoms with Crippen molar-refractivity contribution in [1.29, 1.82) is 0 Å². The summed E-state index contributed by atoms with van der Waals surface area (Å²) in [5.74, 6) is 1.22. The van der Waals surface area contributed by atoms with Gasteiger partial charge in [-0.3, -0.25) is 0 Å². The van der Waals surface area contributed by atoms with Crippen LogP contribution in [0, 0.1) is 17.3 Å². The standard InChI is InChI=1S/C41H78O4Si3/c1-30-33(28-34(43-47(15,16)38(3,4)5)29-37(30)44-48(17,18)39(6,7)8)22-21-32-20-19-25-41(11)35(23-24-36(32)41)31(2)42-27-26-40(9,10)45-46(12,13)14/h21-22,31,34-37H,1,19-20,23-29H2,2-18H3/b32-21+,33-22-/t31-,34-,35+,36-,37-,41+/m0/s1. The summed E-state index contributed by atoms with van der Waals surface area (Å²) in [5.41, 5.74) is 4.31. The highest BCUT2D eigenvalue weighted by Gasteiger charge is 2.51. The molecule has 3 fully saturated rings. The molecule has 0 aromatic carbocycles. The van der Waals surface area contributed by atoms with E-state index in [1.54, 1.807) is 5.57 Å². The van der Waals surface area contributed by atoms with Gasteiger partial charge in [0.2, 0.25) is 0 Å². The molecule has 0 amide bonds. The maximum absolute atomic E-state index is 7.10. The Morgan fingerprint density at radius 3 is 2.02 bits per heavy atom. The Labute approximate surface area is 301 Å². The van der Waals surface area contributed by atoms with E-state index in [1.165, 1.54) is 43.3 Å². The SMILES string of the molecule is C=C1/C(=C\C=C2/CCC[C@]3(C)[C@@H]([C@H](C)OCCC(C)(C)O[Si](C)(C)C)CC[C@@H]23)C[C@H](O[Si](C)(C)C(C)(C)C)C[C@@H]1O[Si](C)(C)C(C)(C)C. The lowest BCUT2D eigenvalue weighted by atomic mass is 9.62. The molecule has 3 rings (SSSR count). The fourth-order valence-electron chi connectivity index (χ4n) is 8.30. The van der Waals surface area contributed by atoms with Gasteiger partial charge in [0.05, 0.1) is 23.9 Å². The average molecular weight is 719 g/mol. The Hall–Kier alpha value is -0.289. The second-order valence-corrected chi connectivity index (χ2v) is 34.6. The maximum Gasteiger partial charge on any atom is 0.192 e. The summed E-state index contributed by atoms with van der Waals surface area (Å²) in [5, 5.41) is 0.324. The van der Waals surface area contributed by atoms with Crippen molar-refractivity contribution in [1.82, 2.24) is 0 Å². The van der Waals surface area contributed by atoms with Gasteiger partial charge < -0.3 is 18.0 Å². The molecule has 3 aliphatic rings. The third-order valence-electron chi connectivity index (χ3n) is 13.0. The highest BCUT2D eigenvalue weighted by atomic mass is 28.4. The number of hydrogen-bond acceptors (Lipinski definition) is 4. The minimum atomic E-state index is -1.99. The zero-order valence-corrected chi connectivity index (χ0v) is 37.7. The summed E-state index contributed by atoms with van der Waals surface area (Å²) in [6.07, 6.45) is 14.5. The van der Waals surface area contributed by atoms with E-state index in [9.17, 15) is 0 Å². The zero-order valence-electron chi connectivity index (χ0n) is 34.7. The molecule has 0 aromatic rings. The first-order valence-electron chi connectivity index (χ1n) is 19.3. The third kappa shape index (κ3) is 10.4. The fourth-order valence-corrected chi connectivity index (χ4v) is 12.7. The van der Waals surface area contributed by atoms with Crippen LogP contribution >= 0.6 is 0 Å². The second-order valence-electron chi connectivity index (χ2n) is 20.7. The summed E-state index contributed by atoms with van der Waals surface area (Å²) in [6.45, 7) is 45.2. The Morgan fingerprint density at radius 1 is 0.875 bits per heavy atom. The van der Waals surface area contributed by atoms with Crippen LogP contribution in [-0.4, -0.2) is 55.5 Å². The minimum Gasteiger partial charge on any atom is -0.413 e. The largest absolute Gasteiger partial charge is 0.413 e. The molecule has 278 valence electrons. The van der Waals surface area contributed by atoms with Crippen molar-refractivity contribution in [2.24, 2.45) is 17.3 Å². The molecular formula is C41H78O4Si3. The Bertz CT molecular complexity index is 1180. The molecule has 3 aliphatic carbocycles. The Morgan fingerprint density at radius 2 is 1.46 bits per heavy atom. The van der Waals surface area contributed by atoms with Crippen LogP contribution in [0.5, 0.6) is 0 Å². The molecule has 0 N–H and O–H groups in total. The Kier molecular flexibility index (Phi) is 13.1. The summed E-state index contributed by atoms with van der Waals surface area (Å²) in [6, 6.07) is 0.